The molecule has 3 heteroatoms. The smallest absolute Gasteiger partial charge is 0.0455 e. The maximum atomic E-state index is 6.25. The first-order valence-corrected chi connectivity index (χ1v) is 7.05. The molecule has 1 aliphatic rings. The van der Waals surface area contributed by atoms with E-state index in [4.69, 9.17) is 17.3 Å². The van der Waals surface area contributed by atoms with Crippen molar-refractivity contribution in [2.75, 3.05) is 18.0 Å². The van der Waals surface area contributed by atoms with Crippen LogP contribution in [0.4, 0.5) is 5.69 Å². The van der Waals surface area contributed by atoms with Crippen molar-refractivity contribution in [3.05, 3.63) is 28.8 Å². The van der Waals surface area contributed by atoms with Gasteiger partial charge in [-0.1, -0.05) is 17.7 Å². The van der Waals surface area contributed by atoms with Gasteiger partial charge in [-0.15, -0.1) is 0 Å². The Bertz CT molecular complexity index is 429. The van der Waals surface area contributed by atoms with Crippen molar-refractivity contribution in [2.45, 2.75) is 39.2 Å². The van der Waals surface area contributed by atoms with Crippen molar-refractivity contribution >= 4 is 17.3 Å². The van der Waals surface area contributed by atoms with Gasteiger partial charge in [0, 0.05) is 22.8 Å². The minimum Gasteiger partial charge on any atom is -0.366 e. The lowest BCUT2D eigenvalue weighted by atomic mass is 9.84. The van der Waals surface area contributed by atoms with E-state index >= 15 is 0 Å². The predicted molar refractivity (Wildman–Crippen MR) is 79.4 cm³/mol. The Balaban J connectivity index is 2.30. The van der Waals surface area contributed by atoms with Crippen LogP contribution < -0.4 is 10.6 Å². The number of benzene rings is 1. The Morgan fingerprint density at radius 3 is 2.78 bits per heavy atom. The van der Waals surface area contributed by atoms with E-state index in [1.165, 1.54) is 18.5 Å². The van der Waals surface area contributed by atoms with Gasteiger partial charge in [-0.25, -0.2) is 0 Å². The Hall–Kier alpha value is -0.730. The molecular formula is C15H23ClN2. The number of nitrogens with two attached hydrogens (primary N) is 1. The van der Waals surface area contributed by atoms with Crippen molar-refractivity contribution in [3.8, 4) is 0 Å². The summed E-state index contributed by atoms with van der Waals surface area (Å²) < 4.78 is 0. The minimum atomic E-state index is 0.185. The van der Waals surface area contributed by atoms with Gasteiger partial charge in [-0.05, 0) is 63.8 Å². The van der Waals surface area contributed by atoms with Crippen LogP contribution in [0.25, 0.3) is 0 Å². The highest BCUT2D eigenvalue weighted by Crippen LogP contribution is 2.36. The summed E-state index contributed by atoms with van der Waals surface area (Å²) in [4.78, 5) is 2.46. The monoisotopic (exact) mass is 266 g/mol. The lowest BCUT2D eigenvalue weighted by Crippen LogP contribution is -2.51. The van der Waals surface area contributed by atoms with Crippen molar-refractivity contribution in [2.24, 2.45) is 11.7 Å². The number of rotatable bonds is 2. The number of hydrogen-bond acceptors (Lipinski definition) is 2. The Labute approximate surface area is 115 Å². The number of anilines is 1. The summed E-state index contributed by atoms with van der Waals surface area (Å²) in [6, 6.07) is 6.35. The molecule has 1 unspecified atom stereocenters. The third-order valence-corrected chi connectivity index (χ3v) is 4.54. The predicted octanol–water partition coefficient (Wildman–Crippen LogP) is 3.60. The molecule has 0 amide bonds. The summed E-state index contributed by atoms with van der Waals surface area (Å²) in [6.45, 7) is 8.44. The van der Waals surface area contributed by atoms with E-state index in [-0.39, 0.29) is 5.54 Å². The molecule has 100 valence electrons. The Morgan fingerprint density at radius 1 is 1.44 bits per heavy atom. The molecule has 1 saturated heterocycles. The Morgan fingerprint density at radius 2 is 2.17 bits per heavy atom. The fourth-order valence-corrected chi connectivity index (χ4v) is 2.86. The molecule has 2 N–H and O–H groups in total. The van der Waals surface area contributed by atoms with Gasteiger partial charge in [0.05, 0.1) is 0 Å². The van der Waals surface area contributed by atoms with Crippen LogP contribution in [0, 0.1) is 12.8 Å². The van der Waals surface area contributed by atoms with E-state index in [1.54, 1.807) is 0 Å². The van der Waals surface area contributed by atoms with Crippen molar-refractivity contribution < 1.29 is 0 Å². The molecule has 1 aliphatic heterocycles. The van der Waals surface area contributed by atoms with Gasteiger partial charge in [0.1, 0.15) is 0 Å². The van der Waals surface area contributed by atoms with Crippen molar-refractivity contribution in [1.82, 2.24) is 0 Å². The Kier molecular flexibility index (Phi) is 3.88. The molecule has 0 spiro atoms. The van der Waals surface area contributed by atoms with E-state index in [9.17, 15) is 0 Å². The van der Waals surface area contributed by atoms with Crippen LogP contribution in [0.15, 0.2) is 18.2 Å². The first-order valence-electron chi connectivity index (χ1n) is 6.68. The van der Waals surface area contributed by atoms with Gasteiger partial charge in [0.2, 0.25) is 0 Å². The summed E-state index contributed by atoms with van der Waals surface area (Å²) in [5.74, 6) is 0.595. The van der Waals surface area contributed by atoms with Gasteiger partial charge in [0.25, 0.3) is 0 Å². The maximum absolute atomic E-state index is 6.25. The fraction of sp³-hybridized carbons (Fsp3) is 0.600. The van der Waals surface area contributed by atoms with Crippen molar-refractivity contribution in [3.63, 3.8) is 0 Å². The van der Waals surface area contributed by atoms with Gasteiger partial charge in [0.15, 0.2) is 0 Å². The second-order valence-corrected chi connectivity index (χ2v) is 6.40. The van der Waals surface area contributed by atoms with E-state index in [1.807, 2.05) is 6.92 Å². The molecule has 0 saturated carbocycles. The topological polar surface area (TPSA) is 29.3 Å². The summed E-state index contributed by atoms with van der Waals surface area (Å²) in [5.41, 5.74) is 8.36. The third-order valence-electron chi connectivity index (χ3n) is 4.14. The summed E-state index contributed by atoms with van der Waals surface area (Å²) in [7, 11) is 0. The summed E-state index contributed by atoms with van der Waals surface area (Å²) >= 11 is 6.25. The number of hydrogen-bond donors (Lipinski definition) is 1. The van der Waals surface area contributed by atoms with Gasteiger partial charge in [-0.2, -0.15) is 0 Å². The second kappa shape index (κ2) is 5.10. The van der Waals surface area contributed by atoms with Crippen LogP contribution >= 0.6 is 11.6 Å². The molecule has 1 aromatic rings. The van der Waals surface area contributed by atoms with E-state index in [0.717, 1.165) is 23.7 Å². The zero-order valence-electron chi connectivity index (χ0n) is 11.5. The molecule has 2 rings (SSSR count). The fourth-order valence-electron chi connectivity index (χ4n) is 2.69. The number of piperidine rings is 1. The van der Waals surface area contributed by atoms with Gasteiger partial charge in [-0.3, -0.25) is 0 Å². The van der Waals surface area contributed by atoms with Crippen LogP contribution in [0.5, 0.6) is 0 Å². The van der Waals surface area contributed by atoms with Crippen LogP contribution in [0.2, 0.25) is 5.02 Å². The number of nitrogens with zero attached hydrogens (tertiary/aromatic N) is 1. The molecule has 18 heavy (non-hydrogen) atoms. The molecule has 0 aromatic heterocycles. The number of halogens is 1. The van der Waals surface area contributed by atoms with Crippen molar-refractivity contribution in [1.29, 1.82) is 0 Å². The largest absolute Gasteiger partial charge is 0.366 e. The number of aryl methyl sites for hydroxylation is 1. The lowest BCUT2D eigenvalue weighted by molar-refractivity contribution is 0.295. The zero-order valence-corrected chi connectivity index (χ0v) is 12.3. The SMILES string of the molecule is Cc1ccc(N2CC(CN)CCC2(C)C)cc1Cl. The lowest BCUT2D eigenvalue weighted by Gasteiger charge is -2.47. The van der Waals surface area contributed by atoms with Crippen LogP contribution in [-0.2, 0) is 0 Å². The highest BCUT2D eigenvalue weighted by atomic mass is 35.5. The molecule has 2 nitrogen and oxygen atoms in total. The normalized spacial score (nSPS) is 23.2. The van der Waals surface area contributed by atoms with E-state index in [2.05, 4.69) is 36.9 Å². The molecule has 1 aromatic carbocycles. The highest BCUT2D eigenvalue weighted by molar-refractivity contribution is 6.31. The third kappa shape index (κ3) is 2.65. The zero-order chi connectivity index (χ0) is 13.3. The minimum absolute atomic E-state index is 0.185. The van der Waals surface area contributed by atoms with Crippen LogP contribution in [0.3, 0.4) is 0 Å². The quantitative estimate of drug-likeness (QED) is 0.886. The van der Waals surface area contributed by atoms with Gasteiger partial charge < -0.3 is 10.6 Å². The standard InChI is InChI=1S/C15H23ClN2/c1-11-4-5-13(8-14(11)16)18-10-12(9-17)6-7-15(18,2)3/h4-5,8,12H,6-7,9-10,17H2,1-3H3. The van der Waals surface area contributed by atoms with E-state index < -0.39 is 0 Å². The van der Waals surface area contributed by atoms with Gasteiger partial charge >= 0.3 is 0 Å². The second-order valence-electron chi connectivity index (χ2n) is 6.00. The molecule has 1 atom stereocenters. The summed E-state index contributed by atoms with van der Waals surface area (Å²) in [5, 5.41) is 0.846. The molecule has 1 heterocycles. The molecular weight excluding hydrogens is 244 g/mol. The molecule has 0 bridgehead atoms. The molecule has 0 aliphatic carbocycles. The average molecular weight is 267 g/mol. The summed E-state index contributed by atoms with van der Waals surface area (Å²) in [6.07, 6.45) is 2.40. The average Bonchev–Trinajstić information content (AvgIpc) is 2.33. The molecule has 0 radical (unpaired) electrons. The van der Waals surface area contributed by atoms with E-state index in [0.29, 0.717) is 5.92 Å². The van der Waals surface area contributed by atoms with Crippen LogP contribution in [-0.4, -0.2) is 18.6 Å². The first kappa shape index (κ1) is 13.7. The molecule has 1 fully saturated rings. The maximum Gasteiger partial charge on any atom is 0.0455 e. The van der Waals surface area contributed by atoms with Crippen LogP contribution in [0.1, 0.15) is 32.3 Å². The highest BCUT2D eigenvalue weighted by Gasteiger charge is 2.33. The first-order chi connectivity index (χ1) is 8.44.